The Morgan fingerprint density at radius 3 is 2.51 bits per heavy atom. The van der Waals surface area contributed by atoms with Crippen molar-refractivity contribution >= 4 is 29.5 Å². The molecule has 0 spiro atoms. The highest BCUT2D eigenvalue weighted by atomic mass is 35.5. The third-order valence-corrected chi connectivity index (χ3v) is 8.76. The molecule has 1 aliphatic rings. The lowest BCUT2D eigenvalue weighted by molar-refractivity contribution is 0.0370. The molecule has 0 N–H and O–H groups in total. The molecule has 1 aromatic heterocycles. The van der Waals surface area contributed by atoms with Gasteiger partial charge >= 0.3 is 0 Å². The fourth-order valence-corrected chi connectivity index (χ4v) is 5.91. The fraction of sp³-hybridized carbons (Fsp3) is 0.324. The second-order valence-electron chi connectivity index (χ2n) is 11.3. The molecule has 1 aliphatic heterocycles. The van der Waals surface area contributed by atoms with Crippen LogP contribution in [0.4, 0.5) is 0 Å². The van der Waals surface area contributed by atoms with Crippen molar-refractivity contribution in [1.29, 1.82) is 5.26 Å². The van der Waals surface area contributed by atoms with Crippen LogP contribution in [0.15, 0.2) is 67.0 Å². The highest BCUT2D eigenvalue weighted by molar-refractivity contribution is 6.35. The molecule has 0 aliphatic carbocycles. The van der Waals surface area contributed by atoms with Gasteiger partial charge in [-0.3, -0.25) is 14.7 Å². The molecule has 4 aromatic rings. The summed E-state index contributed by atoms with van der Waals surface area (Å²) in [6, 6.07) is 18.7. The molecule has 1 saturated heterocycles. The van der Waals surface area contributed by atoms with Crippen molar-refractivity contribution in [3.05, 3.63) is 105 Å². The number of aldehydes is 1. The van der Waals surface area contributed by atoms with E-state index in [4.69, 9.17) is 47.4 Å². The number of nitrogens with zero attached hydrogens (tertiary/aromatic N) is 3. The number of morpholine rings is 1. The molecule has 0 radical (unpaired) electrons. The summed E-state index contributed by atoms with van der Waals surface area (Å²) >= 11 is 13.4. The molecule has 0 unspecified atom stereocenters. The molecule has 1 fully saturated rings. The van der Waals surface area contributed by atoms with Crippen LogP contribution in [0, 0.1) is 18.3 Å². The van der Waals surface area contributed by atoms with Crippen LogP contribution in [0.3, 0.4) is 0 Å². The number of carbonyl (C=O) groups is 1. The average Bonchev–Trinajstić information content (AvgIpc) is 3.10. The SMILES string of the molecule is Cc1c(COc2cc(OCc3cncc(C#N)c3)c(C=O)cc2Cl)cccc1-c1cccc(OCCCCCN2CCOCC2)c1Cl. The summed E-state index contributed by atoms with van der Waals surface area (Å²) in [6.45, 7) is 7.77. The van der Waals surface area contributed by atoms with Gasteiger partial charge in [0.25, 0.3) is 0 Å². The van der Waals surface area contributed by atoms with E-state index in [2.05, 4.69) is 16.0 Å². The second-order valence-corrected chi connectivity index (χ2v) is 12.1. The van der Waals surface area contributed by atoms with E-state index in [-0.39, 0.29) is 23.8 Å². The Morgan fingerprint density at radius 2 is 1.70 bits per heavy atom. The van der Waals surface area contributed by atoms with Gasteiger partial charge in [0.1, 0.15) is 36.5 Å². The quantitative estimate of drug-likeness (QED) is 0.0923. The lowest BCUT2D eigenvalue weighted by atomic mass is 9.96. The minimum Gasteiger partial charge on any atom is -0.492 e. The molecule has 0 atom stereocenters. The van der Waals surface area contributed by atoms with E-state index < -0.39 is 0 Å². The number of nitriles is 1. The number of aromatic nitrogens is 1. The van der Waals surface area contributed by atoms with Crippen LogP contribution in [0.1, 0.15) is 51.9 Å². The van der Waals surface area contributed by atoms with Gasteiger partial charge in [-0.1, -0.05) is 53.5 Å². The van der Waals surface area contributed by atoms with Crippen LogP contribution < -0.4 is 14.2 Å². The highest BCUT2D eigenvalue weighted by Gasteiger charge is 2.16. The maximum Gasteiger partial charge on any atom is 0.153 e. The van der Waals surface area contributed by atoms with Crippen LogP contribution in [-0.4, -0.2) is 55.6 Å². The monoisotopic (exact) mass is 673 g/mol. The zero-order chi connectivity index (χ0) is 33.0. The Balaban J connectivity index is 1.21. The average molecular weight is 675 g/mol. The van der Waals surface area contributed by atoms with Gasteiger partial charge in [-0.25, -0.2) is 0 Å². The molecule has 5 rings (SSSR count). The molecule has 8 nitrogen and oxygen atoms in total. The smallest absolute Gasteiger partial charge is 0.153 e. The zero-order valence-corrected chi connectivity index (χ0v) is 27.9. The van der Waals surface area contributed by atoms with Gasteiger partial charge in [0.15, 0.2) is 6.29 Å². The van der Waals surface area contributed by atoms with E-state index in [1.165, 1.54) is 12.3 Å². The number of benzene rings is 3. The van der Waals surface area contributed by atoms with E-state index in [0.29, 0.717) is 46.3 Å². The zero-order valence-electron chi connectivity index (χ0n) is 26.3. The Kier molecular flexibility index (Phi) is 12.5. The standard InChI is InChI=1S/C37H37Cl2N3O5/c1-26-29(25-47-36-19-35(30(23-43)18-33(36)38)46-24-28-17-27(20-40)21-41-22-28)7-5-8-31(26)32-9-6-10-34(37(32)39)45-14-4-2-3-11-42-12-15-44-16-13-42/h5-10,17-19,21-23H,2-4,11-16,24-25H2,1H3. The van der Waals surface area contributed by atoms with Crippen molar-refractivity contribution in [3.8, 4) is 34.4 Å². The first-order valence-electron chi connectivity index (χ1n) is 15.7. The number of hydrogen-bond donors (Lipinski definition) is 0. The number of pyridine rings is 1. The minimum absolute atomic E-state index is 0.115. The molecule has 3 aromatic carbocycles. The van der Waals surface area contributed by atoms with Crippen molar-refractivity contribution < 1.29 is 23.7 Å². The predicted molar refractivity (Wildman–Crippen MR) is 183 cm³/mol. The number of unbranched alkanes of at least 4 members (excludes halogenated alkanes) is 2. The van der Waals surface area contributed by atoms with E-state index >= 15 is 0 Å². The molecule has 47 heavy (non-hydrogen) atoms. The molecular weight excluding hydrogens is 637 g/mol. The summed E-state index contributed by atoms with van der Waals surface area (Å²) in [4.78, 5) is 18.2. The van der Waals surface area contributed by atoms with Gasteiger partial charge in [-0.05, 0) is 67.6 Å². The van der Waals surface area contributed by atoms with Gasteiger partial charge in [0.05, 0.1) is 41.0 Å². The predicted octanol–water partition coefficient (Wildman–Crippen LogP) is 8.09. The van der Waals surface area contributed by atoms with Crippen molar-refractivity contribution in [2.24, 2.45) is 0 Å². The highest BCUT2D eigenvalue weighted by Crippen LogP contribution is 2.38. The molecule has 2 heterocycles. The first-order chi connectivity index (χ1) is 23.0. The Bertz CT molecular complexity index is 1720. The molecule has 0 saturated carbocycles. The molecule has 244 valence electrons. The van der Waals surface area contributed by atoms with Crippen molar-refractivity contribution in [2.75, 3.05) is 39.5 Å². The van der Waals surface area contributed by atoms with Crippen molar-refractivity contribution in [1.82, 2.24) is 9.88 Å². The first kappa shape index (κ1) is 34.2. The third kappa shape index (κ3) is 9.24. The topological polar surface area (TPSA) is 93.9 Å². The lowest BCUT2D eigenvalue weighted by Gasteiger charge is -2.26. The Hall–Kier alpha value is -4.13. The molecular formula is C37H37Cl2N3O5. The van der Waals surface area contributed by atoms with Gasteiger partial charge in [0.2, 0.25) is 0 Å². The van der Waals surface area contributed by atoms with Crippen molar-refractivity contribution in [2.45, 2.75) is 39.4 Å². The first-order valence-corrected chi connectivity index (χ1v) is 16.4. The maximum absolute atomic E-state index is 11.7. The second kappa shape index (κ2) is 17.1. The number of carbonyl (C=O) groups excluding carboxylic acids is 1. The van der Waals surface area contributed by atoms with E-state index in [1.807, 2.05) is 43.3 Å². The Morgan fingerprint density at radius 1 is 0.915 bits per heavy atom. The largest absolute Gasteiger partial charge is 0.492 e. The van der Waals surface area contributed by atoms with E-state index in [9.17, 15) is 4.79 Å². The Labute approximate surface area is 285 Å². The minimum atomic E-state index is 0.115. The molecule has 10 heteroatoms. The van der Waals surface area contributed by atoms with Crippen LogP contribution in [0.5, 0.6) is 17.2 Å². The normalized spacial score (nSPS) is 13.1. The summed E-state index contributed by atoms with van der Waals surface area (Å²) in [6.07, 6.45) is 6.96. The van der Waals surface area contributed by atoms with Crippen LogP contribution >= 0.6 is 23.2 Å². The van der Waals surface area contributed by atoms with Gasteiger partial charge in [-0.2, -0.15) is 5.26 Å². The van der Waals surface area contributed by atoms with Gasteiger partial charge in [-0.15, -0.1) is 0 Å². The van der Waals surface area contributed by atoms with Crippen LogP contribution in [0.25, 0.3) is 11.1 Å². The molecule has 0 amide bonds. The van der Waals surface area contributed by atoms with Gasteiger partial charge in [0, 0.05) is 42.7 Å². The fourth-order valence-electron chi connectivity index (χ4n) is 5.41. The van der Waals surface area contributed by atoms with E-state index in [1.54, 1.807) is 18.3 Å². The number of ether oxygens (including phenoxy) is 4. The molecule has 0 bridgehead atoms. The van der Waals surface area contributed by atoms with E-state index in [0.717, 1.165) is 74.4 Å². The number of halogens is 2. The number of rotatable bonds is 15. The number of hydrogen-bond acceptors (Lipinski definition) is 8. The van der Waals surface area contributed by atoms with Crippen molar-refractivity contribution in [3.63, 3.8) is 0 Å². The summed E-state index contributed by atoms with van der Waals surface area (Å²) < 4.78 is 23.6. The summed E-state index contributed by atoms with van der Waals surface area (Å²) in [7, 11) is 0. The van der Waals surface area contributed by atoms with Gasteiger partial charge < -0.3 is 18.9 Å². The summed E-state index contributed by atoms with van der Waals surface area (Å²) in [5.74, 6) is 1.36. The summed E-state index contributed by atoms with van der Waals surface area (Å²) in [5, 5.41) is 10.0. The lowest BCUT2D eigenvalue weighted by Crippen LogP contribution is -2.36. The van der Waals surface area contributed by atoms with Crippen LogP contribution in [-0.2, 0) is 18.0 Å². The maximum atomic E-state index is 11.7. The van der Waals surface area contributed by atoms with Crippen LogP contribution in [0.2, 0.25) is 10.0 Å². The summed E-state index contributed by atoms with van der Waals surface area (Å²) in [5.41, 5.74) is 5.22. The third-order valence-electron chi connectivity index (χ3n) is 8.07.